The van der Waals surface area contributed by atoms with E-state index in [4.69, 9.17) is 0 Å². The molecule has 0 unspecified atom stereocenters. The molecule has 0 saturated heterocycles. The van der Waals surface area contributed by atoms with Crippen molar-refractivity contribution in [2.75, 3.05) is 5.32 Å². The summed E-state index contributed by atoms with van der Waals surface area (Å²) in [6.45, 7) is 1.74. The topological polar surface area (TPSA) is 132 Å². The summed E-state index contributed by atoms with van der Waals surface area (Å²) in [6, 6.07) is 8.50. The molecule has 1 aliphatic carbocycles. The summed E-state index contributed by atoms with van der Waals surface area (Å²) >= 11 is 0. The summed E-state index contributed by atoms with van der Waals surface area (Å²) in [5, 5.41) is 2.62. The average Bonchev–Trinajstić information content (AvgIpc) is 3.53. The highest BCUT2D eigenvalue weighted by atomic mass is 32.2. The third kappa shape index (κ3) is 4.71. The van der Waals surface area contributed by atoms with Crippen molar-refractivity contribution >= 4 is 32.9 Å². The molecule has 3 heterocycles. The maximum atomic E-state index is 13.5. The van der Waals surface area contributed by atoms with Gasteiger partial charge in [-0.25, -0.2) is 24.7 Å². The molecule has 10 nitrogen and oxygen atoms in total. The Morgan fingerprint density at radius 2 is 1.89 bits per heavy atom. The van der Waals surface area contributed by atoms with Crippen LogP contribution in [0.1, 0.15) is 34.6 Å². The Morgan fingerprint density at radius 1 is 1.11 bits per heavy atom. The largest absolute Gasteiger partial charge is 0.451 e. The molecule has 0 aliphatic heterocycles. The lowest BCUT2D eigenvalue weighted by molar-refractivity contribution is -0.144. The van der Waals surface area contributed by atoms with Crippen molar-refractivity contribution in [2.24, 2.45) is 0 Å². The van der Waals surface area contributed by atoms with E-state index >= 15 is 0 Å². The number of nitrogens with zero attached hydrogens (tertiary/aromatic N) is 5. The lowest BCUT2D eigenvalue weighted by Crippen LogP contribution is -2.31. The third-order valence-corrected chi connectivity index (χ3v) is 6.59. The van der Waals surface area contributed by atoms with Crippen LogP contribution in [0.3, 0.4) is 0 Å². The predicted octanol–water partition coefficient (Wildman–Crippen LogP) is 3.23. The van der Waals surface area contributed by atoms with Crippen molar-refractivity contribution < 1.29 is 26.4 Å². The van der Waals surface area contributed by atoms with Crippen LogP contribution in [-0.2, 0) is 16.2 Å². The molecule has 2 N–H and O–H groups in total. The Morgan fingerprint density at radius 3 is 2.56 bits per heavy atom. The van der Waals surface area contributed by atoms with E-state index in [0.717, 1.165) is 18.4 Å². The molecule has 0 bridgehead atoms. The molecule has 186 valence electrons. The van der Waals surface area contributed by atoms with Crippen LogP contribution in [0.25, 0.3) is 16.9 Å². The minimum absolute atomic E-state index is 0.0197. The van der Waals surface area contributed by atoms with Gasteiger partial charge in [0.15, 0.2) is 22.0 Å². The second kappa shape index (κ2) is 8.55. The van der Waals surface area contributed by atoms with Crippen LogP contribution in [-0.4, -0.2) is 44.9 Å². The van der Waals surface area contributed by atoms with Crippen molar-refractivity contribution in [3.63, 3.8) is 0 Å². The zero-order valence-corrected chi connectivity index (χ0v) is 19.4. The summed E-state index contributed by atoms with van der Waals surface area (Å²) in [5.41, 5.74) is 0.965. The minimum Gasteiger partial charge on any atom is -0.365 e. The zero-order chi connectivity index (χ0) is 25.7. The number of hydrogen-bond donors (Lipinski definition) is 2. The SMILES string of the molecule is Cc1ccc(S(=O)(=O)NC(=O)c2cccc(-n3cnc4c(NC5CC5)nc(C(F)(F)F)nc43)c2)nc1. The molecule has 0 spiro atoms. The number of alkyl halides is 3. The van der Waals surface area contributed by atoms with Crippen molar-refractivity contribution in [3.8, 4) is 5.69 Å². The Bertz CT molecular complexity index is 1580. The van der Waals surface area contributed by atoms with Crippen molar-refractivity contribution in [3.05, 3.63) is 65.9 Å². The molecule has 36 heavy (non-hydrogen) atoms. The van der Waals surface area contributed by atoms with Gasteiger partial charge in [0.05, 0.1) is 0 Å². The number of anilines is 1. The first-order valence-electron chi connectivity index (χ1n) is 10.7. The van der Waals surface area contributed by atoms with Gasteiger partial charge in [-0.1, -0.05) is 12.1 Å². The number of hydrogen-bond acceptors (Lipinski definition) is 8. The monoisotopic (exact) mass is 517 g/mol. The molecule has 0 radical (unpaired) electrons. The van der Waals surface area contributed by atoms with Crippen LogP contribution < -0.4 is 10.0 Å². The molecular formula is C22H18F3N7O3S. The standard InChI is InChI=1S/C22H18F3N7O3S/c1-12-5-8-16(26-10-12)36(34,35)31-20(33)13-3-2-4-15(9-13)32-11-27-17-18(28-14-6-7-14)29-21(22(23,24)25)30-19(17)32/h2-5,8-11,14H,6-7H2,1H3,(H,31,33)(H,28,29,30). The van der Waals surface area contributed by atoms with Gasteiger partial charge in [0.2, 0.25) is 5.82 Å². The number of imidazole rings is 1. The number of pyridine rings is 1. The number of carbonyl (C=O) groups is 1. The number of halogens is 3. The summed E-state index contributed by atoms with van der Waals surface area (Å²) in [5.74, 6) is -2.30. The number of sulfonamides is 1. The van der Waals surface area contributed by atoms with Crippen LogP contribution in [0.4, 0.5) is 19.0 Å². The van der Waals surface area contributed by atoms with Crippen molar-refractivity contribution in [2.45, 2.75) is 37.0 Å². The van der Waals surface area contributed by atoms with Gasteiger partial charge in [-0.05, 0) is 49.6 Å². The van der Waals surface area contributed by atoms with E-state index in [0.29, 0.717) is 0 Å². The lowest BCUT2D eigenvalue weighted by atomic mass is 10.2. The fraction of sp³-hybridized carbons (Fsp3) is 0.227. The number of rotatable bonds is 6. The van der Waals surface area contributed by atoms with Gasteiger partial charge in [-0.2, -0.15) is 21.6 Å². The zero-order valence-electron chi connectivity index (χ0n) is 18.6. The van der Waals surface area contributed by atoms with Crippen molar-refractivity contribution in [1.82, 2.24) is 29.2 Å². The van der Waals surface area contributed by atoms with Gasteiger partial charge >= 0.3 is 6.18 Å². The maximum Gasteiger partial charge on any atom is 0.451 e. The molecule has 0 atom stereocenters. The lowest BCUT2D eigenvalue weighted by Gasteiger charge is -2.11. The quantitative estimate of drug-likeness (QED) is 0.399. The highest BCUT2D eigenvalue weighted by molar-refractivity contribution is 7.90. The van der Waals surface area contributed by atoms with Gasteiger partial charge in [0, 0.05) is 23.5 Å². The molecule has 1 aromatic carbocycles. The van der Waals surface area contributed by atoms with Gasteiger partial charge in [0.1, 0.15) is 6.33 Å². The van der Waals surface area contributed by atoms with Crippen molar-refractivity contribution in [1.29, 1.82) is 0 Å². The van der Waals surface area contributed by atoms with E-state index in [1.807, 2.05) is 4.72 Å². The first-order valence-corrected chi connectivity index (χ1v) is 12.2. The summed E-state index contributed by atoms with van der Waals surface area (Å²) < 4.78 is 68.7. The van der Waals surface area contributed by atoms with Gasteiger partial charge < -0.3 is 5.32 Å². The number of fused-ring (bicyclic) bond motifs is 1. The Labute approximate surface area is 202 Å². The molecule has 3 aromatic heterocycles. The van der Waals surface area contributed by atoms with Crippen LogP contribution >= 0.6 is 0 Å². The van der Waals surface area contributed by atoms with Crippen LogP contribution in [0.15, 0.2) is 53.9 Å². The number of nitrogens with one attached hydrogen (secondary N) is 2. The fourth-order valence-electron chi connectivity index (χ4n) is 3.38. The summed E-state index contributed by atoms with van der Waals surface area (Å²) in [4.78, 5) is 28.0. The van der Waals surface area contributed by atoms with Gasteiger partial charge in [-0.3, -0.25) is 9.36 Å². The highest BCUT2D eigenvalue weighted by Gasteiger charge is 2.37. The number of benzene rings is 1. The molecule has 1 fully saturated rings. The van der Waals surface area contributed by atoms with Crippen LogP contribution in [0.2, 0.25) is 0 Å². The molecule has 14 heteroatoms. The Kier molecular flexibility index (Phi) is 5.62. The number of aryl methyl sites for hydroxylation is 1. The highest BCUT2D eigenvalue weighted by Crippen LogP contribution is 2.33. The first-order chi connectivity index (χ1) is 17.0. The molecule has 1 amide bonds. The van der Waals surface area contributed by atoms with E-state index in [1.165, 1.54) is 47.4 Å². The summed E-state index contributed by atoms with van der Waals surface area (Å²) in [6.07, 6.45) is -0.546. The molecule has 1 saturated carbocycles. The third-order valence-electron chi connectivity index (χ3n) is 5.34. The molecule has 5 rings (SSSR count). The van der Waals surface area contributed by atoms with E-state index in [9.17, 15) is 26.4 Å². The smallest absolute Gasteiger partial charge is 0.365 e. The van der Waals surface area contributed by atoms with E-state index in [2.05, 4.69) is 25.3 Å². The maximum absolute atomic E-state index is 13.5. The Balaban J connectivity index is 1.50. The molecule has 1 aliphatic rings. The summed E-state index contributed by atoms with van der Waals surface area (Å²) in [7, 11) is -4.24. The number of amides is 1. The minimum atomic E-state index is -4.79. The molecular weight excluding hydrogens is 499 g/mol. The van der Waals surface area contributed by atoms with Crippen LogP contribution in [0.5, 0.6) is 0 Å². The van der Waals surface area contributed by atoms with Gasteiger partial charge in [-0.15, -0.1) is 0 Å². The fourth-order valence-corrected chi connectivity index (χ4v) is 4.29. The van der Waals surface area contributed by atoms with Gasteiger partial charge in [0.25, 0.3) is 15.9 Å². The first kappa shape index (κ1) is 23.7. The average molecular weight is 517 g/mol. The van der Waals surface area contributed by atoms with E-state index in [-0.39, 0.29) is 39.3 Å². The molecule has 4 aromatic rings. The second-order valence-corrected chi connectivity index (χ2v) is 9.89. The number of carbonyl (C=O) groups excluding carboxylic acids is 1. The van der Waals surface area contributed by atoms with E-state index in [1.54, 1.807) is 13.0 Å². The normalized spacial score (nSPS) is 14.1. The van der Waals surface area contributed by atoms with Crippen LogP contribution in [0, 0.1) is 6.92 Å². The van der Waals surface area contributed by atoms with E-state index < -0.39 is 27.9 Å². The number of aromatic nitrogens is 5. The second-order valence-electron chi connectivity index (χ2n) is 8.26. The Hall–Kier alpha value is -4.07. The predicted molar refractivity (Wildman–Crippen MR) is 122 cm³/mol.